The molecule has 3 aromatic rings. The van der Waals surface area contributed by atoms with Gasteiger partial charge in [-0.3, -0.25) is 0 Å². The molecule has 1 aromatic heterocycles. The Bertz CT molecular complexity index is 795. The molecule has 122 valence electrons. The third-order valence-corrected chi connectivity index (χ3v) is 3.56. The number of carbonyl (C=O) groups excluding carboxylic acids is 1. The van der Waals surface area contributed by atoms with Gasteiger partial charge in [0.2, 0.25) is 5.89 Å². The highest BCUT2D eigenvalue weighted by Gasteiger charge is 2.08. The summed E-state index contributed by atoms with van der Waals surface area (Å²) in [6, 6.07) is 17.5. The van der Waals surface area contributed by atoms with E-state index in [0.29, 0.717) is 19.0 Å². The van der Waals surface area contributed by atoms with Gasteiger partial charge in [0, 0.05) is 24.2 Å². The van der Waals surface area contributed by atoms with Crippen LogP contribution >= 0.6 is 0 Å². The summed E-state index contributed by atoms with van der Waals surface area (Å²) in [6.45, 7) is 2.97. The van der Waals surface area contributed by atoms with Crippen LogP contribution in [0.3, 0.4) is 0 Å². The van der Waals surface area contributed by atoms with Crippen LogP contribution in [0.15, 0.2) is 65.2 Å². The van der Waals surface area contributed by atoms with Crippen molar-refractivity contribution in [1.29, 1.82) is 0 Å². The Kier molecular flexibility index (Phi) is 4.91. The number of oxazole rings is 1. The molecule has 0 saturated carbocycles. The fourth-order valence-corrected chi connectivity index (χ4v) is 2.31. The van der Waals surface area contributed by atoms with E-state index in [1.165, 1.54) is 0 Å². The average Bonchev–Trinajstić information content (AvgIpc) is 3.12. The summed E-state index contributed by atoms with van der Waals surface area (Å²) in [4.78, 5) is 15.7. The van der Waals surface area contributed by atoms with Crippen LogP contribution in [-0.4, -0.2) is 17.6 Å². The van der Waals surface area contributed by atoms with Crippen molar-refractivity contribution < 1.29 is 9.21 Å². The fourth-order valence-electron chi connectivity index (χ4n) is 2.31. The van der Waals surface area contributed by atoms with E-state index in [1.54, 1.807) is 6.20 Å². The van der Waals surface area contributed by atoms with Gasteiger partial charge in [0.05, 0.1) is 6.20 Å². The van der Waals surface area contributed by atoms with Crippen molar-refractivity contribution in [2.45, 2.75) is 13.5 Å². The number of nitrogens with one attached hydrogen (secondary N) is 2. The third kappa shape index (κ3) is 3.81. The Morgan fingerprint density at radius 3 is 2.46 bits per heavy atom. The third-order valence-electron chi connectivity index (χ3n) is 3.56. The first kappa shape index (κ1) is 15.8. The molecule has 2 amide bonds. The maximum absolute atomic E-state index is 11.4. The number of aromatic nitrogens is 1. The summed E-state index contributed by atoms with van der Waals surface area (Å²) in [7, 11) is 0. The van der Waals surface area contributed by atoms with Crippen molar-refractivity contribution in [3.05, 3.63) is 66.4 Å². The summed E-state index contributed by atoms with van der Waals surface area (Å²) < 4.78 is 5.83. The van der Waals surface area contributed by atoms with Gasteiger partial charge in [0.25, 0.3) is 0 Å². The minimum absolute atomic E-state index is 0.165. The molecule has 0 aliphatic rings. The van der Waals surface area contributed by atoms with E-state index < -0.39 is 0 Å². The highest BCUT2D eigenvalue weighted by molar-refractivity contribution is 5.73. The van der Waals surface area contributed by atoms with Gasteiger partial charge in [0.15, 0.2) is 5.76 Å². The molecule has 0 fully saturated rings. The Balaban J connectivity index is 1.68. The monoisotopic (exact) mass is 321 g/mol. The molecule has 0 aliphatic heterocycles. The first-order valence-electron chi connectivity index (χ1n) is 7.88. The first-order chi connectivity index (χ1) is 11.8. The van der Waals surface area contributed by atoms with Crippen molar-refractivity contribution in [2.24, 2.45) is 0 Å². The molecule has 2 aromatic carbocycles. The molecule has 0 aliphatic carbocycles. The van der Waals surface area contributed by atoms with Gasteiger partial charge in [-0.2, -0.15) is 0 Å². The van der Waals surface area contributed by atoms with Gasteiger partial charge in [0.1, 0.15) is 0 Å². The molecule has 3 rings (SSSR count). The molecular weight excluding hydrogens is 302 g/mol. The van der Waals surface area contributed by atoms with Gasteiger partial charge in [-0.15, -0.1) is 0 Å². The quantitative estimate of drug-likeness (QED) is 0.750. The zero-order valence-electron chi connectivity index (χ0n) is 13.5. The molecule has 0 saturated heterocycles. The normalized spacial score (nSPS) is 10.4. The Morgan fingerprint density at radius 1 is 1.00 bits per heavy atom. The SMILES string of the molecule is CCNC(=O)NCc1ccc(-c2ncc(-c3ccccc3)o2)cc1. The largest absolute Gasteiger partial charge is 0.436 e. The molecule has 0 bridgehead atoms. The van der Waals surface area contributed by atoms with Gasteiger partial charge in [-0.05, 0) is 24.6 Å². The van der Waals surface area contributed by atoms with Crippen LogP contribution in [-0.2, 0) is 6.54 Å². The van der Waals surface area contributed by atoms with Crippen molar-refractivity contribution in [3.63, 3.8) is 0 Å². The Hall–Kier alpha value is -3.08. The molecule has 0 radical (unpaired) electrons. The Labute approximate surface area is 140 Å². The summed E-state index contributed by atoms with van der Waals surface area (Å²) in [5.74, 6) is 1.32. The van der Waals surface area contributed by atoms with E-state index in [9.17, 15) is 4.79 Å². The second-order valence-corrected chi connectivity index (χ2v) is 5.31. The van der Waals surface area contributed by atoms with E-state index >= 15 is 0 Å². The number of carbonyl (C=O) groups is 1. The van der Waals surface area contributed by atoms with Crippen LogP contribution < -0.4 is 10.6 Å². The van der Waals surface area contributed by atoms with Crippen molar-refractivity contribution in [2.75, 3.05) is 6.54 Å². The standard InChI is InChI=1S/C19H19N3O2/c1-2-20-19(23)22-12-14-8-10-16(11-9-14)18-21-13-17(24-18)15-6-4-3-5-7-15/h3-11,13H,2,12H2,1H3,(H2,20,22,23). The summed E-state index contributed by atoms with van der Waals surface area (Å²) in [5.41, 5.74) is 2.91. The average molecular weight is 321 g/mol. The zero-order chi connectivity index (χ0) is 16.8. The number of rotatable bonds is 5. The van der Waals surface area contributed by atoms with Crippen LogP contribution in [0.5, 0.6) is 0 Å². The lowest BCUT2D eigenvalue weighted by atomic mass is 10.1. The van der Waals surface area contributed by atoms with E-state index in [-0.39, 0.29) is 6.03 Å². The highest BCUT2D eigenvalue weighted by Crippen LogP contribution is 2.25. The number of nitrogens with zero attached hydrogens (tertiary/aromatic N) is 1. The van der Waals surface area contributed by atoms with E-state index in [4.69, 9.17) is 4.42 Å². The second-order valence-electron chi connectivity index (χ2n) is 5.31. The minimum Gasteiger partial charge on any atom is -0.436 e. The Morgan fingerprint density at radius 2 is 1.75 bits per heavy atom. The molecule has 0 spiro atoms. The van der Waals surface area contributed by atoms with Crippen LogP contribution in [0.4, 0.5) is 4.79 Å². The number of amides is 2. The summed E-state index contributed by atoms with van der Waals surface area (Å²) >= 11 is 0. The van der Waals surface area contributed by atoms with Crippen LogP contribution in [0, 0.1) is 0 Å². The summed E-state index contributed by atoms with van der Waals surface area (Å²) in [6.07, 6.45) is 1.73. The molecule has 1 heterocycles. The number of benzene rings is 2. The van der Waals surface area contributed by atoms with E-state index in [2.05, 4.69) is 15.6 Å². The molecule has 0 atom stereocenters. The smallest absolute Gasteiger partial charge is 0.315 e. The molecular formula is C19H19N3O2. The number of urea groups is 1. The molecule has 0 unspecified atom stereocenters. The van der Waals surface area contributed by atoms with Gasteiger partial charge in [-0.25, -0.2) is 9.78 Å². The topological polar surface area (TPSA) is 67.2 Å². The minimum atomic E-state index is -0.165. The summed E-state index contributed by atoms with van der Waals surface area (Å²) in [5, 5.41) is 5.49. The molecule has 2 N–H and O–H groups in total. The van der Waals surface area contributed by atoms with E-state index in [0.717, 1.165) is 22.5 Å². The number of hydrogen-bond donors (Lipinski definition) is 2. The second kappa shape index (κ2) is 7.46. The zero-order valence-corrected chi connectivity index (χ0v) is 13.5. The lowest BCUT2D eigenvalue weighted by Crippen LogP contribution is -2.34. The van der Waals surface area contributed by atoms with Crippen LogP contribution in [0.1, 0.15) is 12.5 Å². The van der Waals surface area contributed by atoms with Crippen molar-refractivity contribution >= 4 is 6.03 Å². The van der Waals surface area contributed by atoms with Crippen molar-refractivity contribution in [1.82, 2.24) is 15.6 Å². The maximum atomic E-state index is 11.4. The van der Waals surface area contributed by atoms with Gasteiger partial charge < -0.3 is 15.1 Å². The number of hydrogen-bond acceptors (Lipinski definition) is 3. The highest BCUT2D eigenvalue weighted by atomic mass is 16.4. The molecule has 5 heteroatoms. The predicted octanol–water partition coefficient (Wildman–Crippen LogP) is 3.83. The van der Waals surface area contributed by atoms with Crippen LogP contribution in [0.2, 0.25) is 0 Å². The van der Waals surface area contributed by atoms with Gasteiger partial charge in [-0.1, -0.05) is 42.5 Å². The van der Waals surface area contributed by atoms with Gasteiger partial charge >= 0.3 is 6.03 Å². The lowest BCUT2D eigenvalue weighted by molar-refractivity contribution is 0.241. The van der Waals surface area contributed by atoms with Crippen LogP contribution in [0.25, 0.3) is 22.8 Å². The maximum Gasteiger partial charge on any atom is 0.315 e. The first-order valence-corrected chi connectivity index (χ1v) is 7.88. The lowest BCUT2D eigenvalue weighted by Gasteiger charge is -2.06. The molecule has 24 heavy (non-hydrogen) atoms. The van der Waals surface area contributed by atoms with E-state index in [1.807, 2.05) is 61.5 Å². The molecule has 5 nitrogen and oxygen atoms in total. The fraction of sp³-hybridized carbons (Fsp3) is 0.158. The van der Waals surface area contributed by atoms with Crippen molar-refractivity contribution in [3.8, 4) is 22.8 Å². The predicted molar refractivity (Wildman–Crippen MR) is 93.3 cm³/mol.